The predicted octanol–water partition coefficient (Wildman–Crippen LogP) is 5.18. The summed E-state index contributed by atoms with van der Waals surface area (Å²) in [6.45, 7) is 2.72. The van der Waals surface area contributed by atoms with Gasteiger partial charge in [0.2, 0.25) is 5.82 Å². The summed E-state index contributed by atoms with van der Waals surface area (Å²) in [5, 5.41) is 14.6. The number of methoxy groups -OCH3 is 1. The average molecular weight is 461 g/mol. The molecule has 0 amide bonds. The van der Waals surface area contributed by atoms with Crippen LogP contribution in [-0.4, -0.2) is 41.0 Å². The van der Waals surface area contributed by atoms with Crippen molar-refractivity contribution in [2.45, 2.75) is 25.8 Å². The maximum atomic E-state index is 11.5. The number of esters is 1. The number of carbonyl (C=O) groups is 1. The summed E-state index contributed by atoms with van der Waals surface area (Å²) in [5.74, 6) is 0.475. The van der Waals surface area contributed by atoms with Gasteiger partial charge in [0.15, 0.2) is 0 Å². The number of nitrogens with one attached hydrogen (secondary N) is 1. The van der Waals surface area contributed by atoms with Gasteiger partial charge in [-0.3, -0.25) is 19.8 Å². The third-order valence-electron chi connectivity index (χ3n) is 6.15. The second kappa shape index (κ2) is 10.9. The Labute approximate surface area is 198 Å². The van der Waals surface area contributed by atoms with E-state index in [1.165, 1.54) is 13.2 Å². The summed E-state index contributed by atoms with van der Waals surface area (Å²) in [7, 11) is 1.43. The first-order valence-electron chi connectivity index (χ1n) is 11.4. The fraction of sp³-hybridized carbons (Fsp3) is 0.308. The van der Waals surface area contributed by atoms with E-state index in [1.54, 1.807) is 6.07 Å². The fourth-order valence-electron chi connectivity index (χ4n) is 4.22. The topological polar surface area (TPSA) is 97.6 Å². The monoisotopic (exact) mass is 460 g/mol. The number of nitrogens with zero attached hydrogens (tertiary/aromatic N) is 3. The first kappa shape index (κ1) is 23.4. The van der Waals surface area contributed by atoms with Gasteiger partial charge in [-0.25, -0.2) is 4.98 Å². The highest BCUT2D eigenvalue weighted by atomic mass is 16.6. The number of rotatable bonds is 8. The molecule has 0 aliphatic carbocycles. The normalized spacial score (nSPS) is 14.5. The first-order valence-corrected chi connectivity index (χ1v) is 11.4. The number of anilines is 2. The highest BCUT2D eigenvalue weighted by molar-refractivity contribution is 5.71. The molecule has 4 rings (SSSR count). The van der Waals surface area contributed by atoms with Gasteiger partial charge in [0.05, 0.1) is 17.7 Å². The van der Waals surface area contributed by atoms with Crippen LogP contribution in [0.3, 0.4) is 0 Å². The third kappa shape index (κ3) is 5.96. The van der Waals surface area contributed by atoms with Crippen LogP contribution < -0.4 is 5.32 Å². The minimum absolute atomic E-state index is 0.0708. The molecule has 0 bridgehead atoms. The van der Waals surface area contributed by atoms with Gasteiger partial charge in [0.25, 0.3) is 0 Å². The second-order valence-corrected chi connectivity index (χ2v) is 8.51. The van der Waals surface area contributed by atoms with Crippen molar-refractivity contribution >= 4 is 23.2 Å². The maximum Gasteiger partial charge on any atom is 0.311 e. The molecule has 1 N–H and O–H groups in total. The lowest BCUT2D eigenvalue weighted by Crippen LogP contribution is -2.34. The van der Waals surface area contributed by atoms with Gasteiger partial charge in [-0.2, -0.15) is 0 Å². The van der Waals surface area contributed by atoms with Crippen LogP contribution in [0.5, 0.6) is 0 Å². The Bertz CT molecular complexity index is 1130. The van der Waals surface area contributed by atoms with Crippen molar-refractivity contribution in [3.05, 3.63) is 82.4 Å². The van der Waals surface area contributed by atoms with Crippen LogP contribution in [0.4, 0.5) is 17.2 Å². The van der Waals surface area contributed by atoms with E-state index in [2.05, 4.69) is 15.2 Å². The van der Waals surface area contributed by atoms with Crippen LogP contribution in [0.2, 0.25) is 0 Å². The Kier molecular flexibility index (Phi) is 7.49. The van der Waals surface area contributed by atoms with Gasteiger partial charge in [-0.15, -0.1) is 0 Å². The molecule has 0 unspecified atom stereocenters. The van der Waals surface area contributed by atoms with E-state index in [0.717, 1.165) is 49.3 Å². The lowest BCUT2D eigenvalue weighted by molar-refractivity contribution is -0.384. The number of piperidine rings is 1. The summed E-state index contributed by atoms with van der Waals surface area (Å²) in [6, 6.07) is 20.6. The van der Waals surface area contributed by atoms with Crippen molar-refractivity contribution < 1.29 is 14.5 Å². The molecule has 3 aromatic rings. The summed E-state index contributed by atoms with van der Waals surface area (Å²) in [4.78, 5) is 29.5. The van der Waals surface area contributed by atoms with Gasteiger partial charge >= 0.3 is 11.7 Å². The SMILES string of the molecule is COC(=O)CC1CCN(Cc2ccc(Nc3nc(-c4ccccc4)ccc3[N+](=O)[O-])cc2)CC1. The Morgan fingerprint density at radius 1 is 1.09 bits per heavy atom. The number of nitro groups is 1. The number of aromatic nitrogens is 1. The third-order valence-corrected chi connectivity index (χ3v) is 6.15. The standard InChI is InChI=1S/C26H28N4O4/c1-34-25(31)17-19-13-15-29(16-14-19)18-20-7-9-22(10-8-20)27-26-24(30(32)33)12-11-23(28-26)21-5-3-2-4-6-21/h2-12,19H,13-18H2,1H3,(H,27,28). The molecule has 0 atom stereocenters. The lowest BCUT2D eigenvalue weighted by atomic mass is 9.93. The molecule has 1 aliphatic rings. The zero-order valence-corrected chi connectivity index (χ0v) is 19.1. The van der Waals surface area contributed by atoms with Crippen LogP contribution in [0.25, 0.3) is 11.3 Å². The quantitative estimate of drug-likeness (QED) is 0.281. The molecule has 1 aromatic heterocycles. The van der Waals surface area contributed by atoms with Gasteiger partial charge in [-0.05, 0) is 55.6 Å². The maximum absolute atomic E-state index is 11.5. The van der Waals surface area contributed by atoms with Gasteiger partial charge in [0, 0.05) is 30.3 Å². The Morgan fingerprint density at radius 3 is 2.44 bits per heavy atom. The molecule has 1 fully saturated rings. The van der Waals surface area contributed by atoms with Crippen molar-refractivity contribution in [3.8, 4) is 11.3 Å². The van der Waals surface area contributed by atoms with E-state index >= 15 is 0 Å². The van der Waals surface area contributed by atoms with Crippen molar-refractivity contribution in [1.29, 1.82) is 0 Å². The minimum atomic E-state index is -0.428. The molecule has 2 aromatic carbocycles. The predicted molar refractivity (Wildman–Crippen MR) is 131 cm³/mol. The molecule has 0 radical (unpaired) electrons. The van der Waals surface area contributed by atoms with Crippen molar-refractivity contribution in [3.63, 3.8) is 0 Å². The Balaban J connectivity index is 1.40. The van der Waals surface area contributed by atoms with E-state index in [0.29, 0.717) is 18.0 Å². The van der Waals surface area contributed by atoms with Crippen LogP contribution in [-0.2, 0) is 16.1 Å². The second-order valence-electron chi connectivity index (χ2n) is 8.51. The Morgan fingerprint density at radius 2 is 1.79 bits per heavy atom. The Hall–Kier alpha value is -3.78. The molecule has 8 heteroatoms. The van der Waals surface area contributed by atoms with Crippen LogP contribution in [0.1, 0.15) is 24.8 Å². The zero-order chi connectivity index (χ0) is 23.9. The van der Waals surface area contributed by atoms with E-state index in [4.69, 9.17) is 4.74 Å². The number of benzene rings is 2. The van der Waals surface area contributed by atoms with Gasteiger partial charge in [-0.1, -0.05) is 42.5 Å². The first-order chi connectivity index (χ1) is 16.5. The molecular formula is C26H28N4O4. The number of likely N-dealkylation sites (tertiary alicyclic amines) is 1. The van der Waals surface area contributed by atoms with E-state index in [-0.39, 0.29) is 17.5 Å². The van der Waals surface area contributed by atoms with Crippen molar-refractivity contribution in [2.75, 3.05) is 25.5 Å². The molecule has 0 saturated carbocycles. The van der Waals surface area contributed by atoms with Crippen LogP contribution >= 0.6 is 0 Å². The lowest BCUT2D eigenvalue weighted by Gasteiger charge is -2.31. The zero-order valence-electron chi connectivity index (χ0n) is 19.1. The molecule has 8 nitrogen and oxygen atoms in total. The molecule has 0 spiro atoms. The number of pyridine rings is 1. The number of ether oxygens (including phenoxy) is 1. The van der Waals surface area contributed by atoms with Gasteiger partial charge in [0.1, 0.15) is 0 Å². The van der Waals surface area contributed by atoms with Crippen LogP contribution in [0.15, 0.2) is 66.7 Å². The molecule has 34 heavy (non-hydrogen) atoms. The average Bonchev–Trinajstić information content (AvgIpc) is 2.86. The van der Waals surface area contributed by atoms with E-state index in [9.17, 15) is 14.9 Å². The highest BCUT2D eigenvalue weighted by Gasteiger charge is 2.22. The summed E-state index contributed by atoms with van der Waals surface area (Å²) in [6.07, 6.45) is 2.47. The highest BCUT2D eigenvalue weighted by Crippen LogP contribution is 2.29. The minimum Gasteiger partial charge on any atom is -0.469 e. The van der Waals surface area contributed by atoms with Crippen LogP contribution in [0, 0.1) is 16.0 Å². The molecule has 2 heterocycles. The summed E-state index contributed by atoms with van der Waals surface area (Å²) >= 11 is 0. The number of hydrogen-bond acceptors (Lipinski definition) is 7. The summed E-state index contributed by atoms with van der Waals surface area (Å²) in [5.41, 5.74) is 3.39. The largest absolute Gasteiger partial charge is 0.469 e. The number of hydrogen-bond donors (Lipinski definition) is 1. The summed E-state index contributed by atoms with van der Waals surface area (Å²) < 4.78 is 4.78. The molecule has 1 aliphatic heterocycles. The van der Waals surface area contributed by atoms with Gasteiger partial charge < -0.3 is 10.1 Å². The fourth-order valence-corrected chi connectivity index (χ4v) is 4.22. The van der Waals surface area contributed by atoms with E-state index < -0.39 is 4.92 Å². The number of carbonyl (C=O) groups excluding carboxylic acids is 1. The molecular weight excluding hydrogens is 432 g/mol. The van der Waals surface area contributed by atoms with Crippen molar-refractivity contribution in [1.82, 2.24) is 9.88 Å². The van der Waals surface area contributed by atoms with E-state index in [1.807, 2.05) is 54.6 Å². The van der Waals surface area contributed by atoms with Crippen molar-refractivity contribution in [2.24, 2.45) is 5.92 Å². The smallest absolute Gasteiger partial charge is 0.311 e. The molecule has 176 valence electrons. The molecule has 1 saturated heterocycles.